The van der Waals surface area contributed by atoms with E-state index in [-0.39, 0.29) is 11.5 Å². The van der Waals surface area contributed by atoms with E-state index in [1.165, 1.54) is 23.1 Å². The molecule has 3 heteroatoms. The lowest BCUT2D eigenvalue weighted by Crippen LogP contribution is -2.22. The predicted molar refractivity (Wildman–Crippen MR) is 43.3 cm³/mol. The third kappa shape index (κ3) is 1.61. The number of rotatable bonds is 1. The van der Waals surface area contributed by atoms with Crippen molar-refractivity contribution in [2.45, 2.75) is 0 Å². The van der Waals surface area contributed by atoms with Crippen molar-refractivity contribution in [3.63, 3.8) is 0 Å². The Hall–Kier alpha value is -1.38. The van der Waals surface area contributed by atoms with Crippen LogP contribution in [0, 0.1) is 11.9 Å². The molecular formula is C9H9FNO. The first kappa shape index (κ1) is 8.71. The minimum absolute atomic E-state index is 0.0116. The van der Waals surface area contributed by atoms with Gasteiger partial charge in [-0.3, -0.25) is 4.79 Å². The van der Waals surface area contributed by atoms with Gasteiger partial charge < -0.3 is 4.90 Å². The largest absolute Gasteiger partial charge is 0.345 e. The highest BCUT2D eigenvalue weighted by atomic mass is 19.1. The fourth-order valence-electron chi connectivity index (χ4n) is 0.804. The van der Waals surface area contributed by atoms with Gasteiger partial charge >= 0.3 is 0 Å². The molecule has 0 fully saturated rings. The Morgan fingerprint density at radius 3 is 2.75 bits per heavy atom. The van der Waals surface area contributed by atoms with E-state index in [0.29, 0.717) is 0 Å². The molecule has 1 amide bonds. The summed E-state index contributed by atoms with van der Waals surface area (Å²) in [7, 11) is 3.14. The van der Waals surface area contributed by atoms with Gasteiger partial charge in [-0.2, -0.15) is 0 Å². The summed E-state index contributed by atoms with van der Waals surface area (Å²) in [5.41, 5.74) is -0.0116. The van der Waals surface area contributed by atoms with E-state index >= 15 is 0 Å². The summed E-state index contributed by atoms with van der Waals surface area (Å²) in [6, 6.07) is 6.81. The van der Waals surface area contributed by atoms with E-state index in [2.05, 4.69) is 6.07 Å². The van der Waals surface area contributed by atoms with Crippen LogP contribution in [0.3, 0.4) is 0 Å². The zero-order chi connectivity index (χ0) is 9.14. The van der Waals surface area contributed by atoms with Crippen LogP contribution >= 0.6 is 0 Å². The number of carbonyl (C=O) groups is 1. The van der Waals surface area contributed by atoms with Crippen LogP contribution in [0.25, 0.3) is 0 Å². The summed E-state index contributed by atoms with van der Waals surface area (Å²) in [6.45, 7) is 0. The number of hydrogen-bond acceptors (Lipinski definition) is 1. The Labute approximate surface area is 70.6 Å². The van der Waals surface area contributed by atoms with Gasteiger partial charge in [0.2, 0.25) is 0 Å². The molecule has 1 aromatic rings. The van der Waals surface area contributed by atoms with Crippen molar-refractivity contribution in [1.82, 2.24) is 4.90 Å². The van der Waals surface area contributed by atoms with Crippen LogP contribution in [0.5, 0.6) is 0 Å². The molecule has 0 N–H and O–H groups in total. The lowest BCUT2D eigenvalue weighted by molar-refractivity contribution is 0.0822. The van der Waals surface area contributed by atoms with Crippen LogP contribution in [0.4, 0.5) is 4.39 Å². The van der Waals surface area contributed by atoms with Crippen molar-refractivity contribution in [3.8, 4) is 0 Å². The number of nitrogens with zero attached hydrogens (tertiary/aromatic N) is 1. The van der Waals surface area contributed by atoms with E-state index in [1.54, 1.807) is 14.1 Å². The molecule has 0 spiro atoms. The zero-order valence-electron chi connectivity index (χ0n) is 6.97. The standard InChI is InChI=1S/C9H9FNO/c1-11(2)9(12)7-5-3-4-6-8(7)10/h3-4,6H,1-2H3. The fraction of sp³-hybridized carbons (Fsp3) is 0.222. The number of carbonyl (C=O) groups excluding carboxylic acids is 1. The van der Waals surface area contributed by atoms with E-state index in [9.17, 15) is 9.18 Å². The summed E-state index contributed by atoms with van der Waals surface area (Å²) in [5, 5.41) is 0. The summed E-state index contributed by atoms with van der Waals surface area (Å²) < 4.78 is 12.9. The quantitative estimate of drug-likeness (QED) is 0.616. The predicted octanol–water partition coefficient (Wildman–Crippen LogP) is 1.33. The van der Waals surface area contributed by atoms with Gasteiger partial charge in [-0.1, -0.05) is 12.1 Å². The van der Waals surface area contributed by atoms with Crippen molar-refractivity contribution >= 4 is 5.91 Å². The first-order valence-electron chi connectivity index (χ1n) is 3.51. The fourth-order valence-corrected chi connectivity index (χ4v) is 0.804. The van der Waals surface area contributed by atoms with Gasteiger partial charge in [0.15, 0.2) is 0 Å². The Bertz CT molecular complexity index is 296. The minimum atomic E-state index is -0.531. The lowest BCUT2D eigenvalue weighted by Gasteiger charge is -2.09. The summed E-state index contributed by atoms with van der Waals surface area (Å²) in [5.74, 6) is -0.899. The van der Waals surface area contributed by atoms with Crippen LogP contribution in [-0.4, -0.2) is 24.9 Å². The average Bonchev–Trinajstić information content (AvgIpc) is 2.04. The zero-order valence-corrected chi connectivity index (χ0v) is 6.97. The van der Waals surface area contributed by atoms with Crippen LogP contribution < -0.4 is 0 Å². The van der Waals surface area contributed by atoms with E-state index < -0.39 is 5.82 Å². The van der Waals surface area contributed by atoms with Crippen LogP contribution in [0.1, 0.15) is 10.4 Å². The van der Waals surface area contributed by atoms with E-state index in [4.69, 9.17) is 0 Å². The highest BCUT2D eigenvalue weighted by Gasteiger charge is 2.11. The summed E-state index contributed by atoms with van der Waals surface area (Å²) in [6.07, 6.45) is 0. The highest BCUT2D eigenvalue weighted by Crippen LogP contribution is 2.06. The molecule has 0 atom stereocenters. The van der Waals surface area contributed by atoms with Crippen molar-refractivity contribution in [1.29, 1.82) is 0 Å². The maximum absolute atomic E-state index is 12.9. The van der Waals surface area contributed by atoms with Crippen molar-refractivity contribution < 1.29 is 9.18 Å². The van der Waals surface area contributed by atoms with Crippen LogP contribution in [0.15, 0.2) is 18.2 Å². The number of hydrogen-bond donors (Lipinski definition) is 0. The summed E-state index contributed by atoms with van der Waals surface area (Å²) >= 11 is 0. The average molecular weight is 166 g/mol. The van der Waals surface area contributed by atoms with Gasteiger partial charge in [0.05, 0.1) is 5.56 Å². The third-order valence-corrected chi connectivity index (χ3v) is 1.43. The minimum Gasteiger partial charge on any atom is -0.345 e. The molecule has 1 aromatic carbocycles. The Morgan fingerprint density at radius 1 is 1.58 bits per heavy atom. The van der Waals surface area contributed by atoms with Gasteiger partial charge in [-0.25, -0.2) is 4.39 Å². The molecule has 0 heterocycles. The maximum atomic E-state index is 12.9. The maximum Gasteiger partial charge on any atom is 0.256 e. The molecule has 0 aliphatic heterocycles. The third-order valence-electron chi connectivity index (χ3n) is 1.43. The van der Waals surface area contributed by atoms with E-state index in [0.717, 1.165) is 0 Å². The molecule has 0 saturated carbocycles. The van der Waals surface area contributed by atoms with Gasteiger partial charge in [-0.05, 0) is 12.1 Å². The van der Waals surface area contributed by atoms with Crippen molar-refractivity contribution in [2.24, 2.45) is 0 Å². The van der Waals surface area contributed by atoms with Gasteiger partial charge in [0, 0.05) is 14.1 Å². The van der Waals surface area contributed by atoms with Crippen LogP contribution in [0.2, 0.25) is 0 Å². The molecule has 2 nitrogen and oxygen atoms in total. The Morgan fingerprint density at radius 2 is 2.25 bits per heavy atom. The molecule has 63 valence electrons. The van der Waals surface area contributed by atoms with E-state index in [1.807, 2.05) is 0 Å². The molecule has 0 aromatic heterocycles. The number of benzene rings is 1. The normalized spacial score (nSPS) is 9.58. The monoisotopic (exact) mass is 166 g/mol. The Kier molecular flexibility index (Phi) is 2.43. The molecule has 0 unspecified atom stereocenters. The molecule has 0 saturated heterocycles. The Balaban J connectivity index is 3.03. The molecule has 1 rings (SSSR count). The van der Waals surface area contributed by atoms with Gasteiger partial charge in [0.1, 0.15) is 5.82 Å². The second-order valence-electron chi connectivity index (χ2n) is 2.59. The van der Waals surface area contributed by atoms with Crippen molar-refractivity contribution in [3.05, 3.63) is 35.6 Å². The summed E-state index contributed by atoms with van der Waals surface area (Å²) in [4.78, 5) is 12.5. The molecule has 0 bridgehead atoms. The second kappa shape index (κ2) is 3.34. The topological polar surface area (TPSA) is 20.3 Å². The molecular weight excluding hydrogens is 157 g/mol. The number of halogens is 1. The highest BCUT2D eigenvalue weighted by molar-refractivity contribution is 5.93. The molecule has 12 heavy (non-hydrogen) atoms. The molecule has 0 aliphatic rings. The molecule has 0 aliphatic carbocycles. The number of amides is 1. The molecule has 1 radical (unpaired) electrons. The first-order chi connectivity index (χ1) is 5.63. The smallest absolute Gasteiger partial charge is 0.256 e. The van der Waals surface area contributed by atoms with Crippen LogP contribution in [-0.2, 0) is 0 Å². The second-order valence-corrected chi connectivity index (χ2v) is 2.59. The van der Waals surface area contributed by atoms with Gasteiger partial charge in [-0.15, -0.1) is 0 Å². The lowest BCUT2D eigenvalue weighted by atomic mass is 10.2. The van der Waals surface area contributed by atoms with Crippen molar-refractivity contribution in [2.75, 3.05) is 14.1 Å². The van der Waals surface area contributed by atoms with Gasteiger partial charge in [0.25, 0.3) is 5.91 Å². The SMILES string of the molecule is CN(C)C(=O)c1[c]cccc1F. The first-order valence-corrected chi connectivity index (χ1v) is 3.51.